The third-order valence-corrected chi connectivity index (χ3v) is 3.62. The molecule has 0 saturated carbocycles. The Kier molecular flexibility index (Phi) is 2.97. The van der Waals surface area contributed by atoms with Gasteiger partial charge in [0.1, 0.15) is 5.82 Å². The second-order valence-electron chi connectivity index (χ2n) is 2.91. The van der Waals surface area contributed by atoms with Crippen molar-refractivity contribution < 1.29 is 0 Å². The van der Waals surface area contributed by atoms with Crippen molar-refractivity contribution >= 4 is 33.1 Å². The lowest BCUT2D eigenvalue weighted by atomic mass is 10.4. The summed E-state index contributed by atoms with van der Waals surface area (Å²) in [4.78, 5) is 13.8. The van der Waals surface area contributed by atoms with E-state index in [0.717, 1.165) is 20.9 Å². The lowest BCUT2D eigenvalue weighted by molar-refractivity contribution is 1.09. The molecule has 0 aliphatic rings. The molecule has 0 amide bonds. The van der Waals surface area contributed by atoms with Crippen LogP contribution in [0.3, 0.4) is 0 Å². The molecule has 2 rings (SSSR count). The topological polar surface area (TPSA) is 50.7 Å². The monoisotopic (exact) mass is 284 g/mol. The molecule has 0 aromatic carbocycles. The van der Waals surface area contributed by atoms with Crippen molar-refractivity contribution in [3.8, 4) is 10.7 Å². The summed E-state index contributed by atoms with van der Waals surface area (Å²) in [6.45, 7) is 1.94. The molecule has 2 aromatic rings. The Morgan fingerprint density at radius 3 is 2.80 bits per heavy atom. The molecule has 2 heterocycles. The average molecular weight is 285 g/mol. The number of aromatic nitrogens is 3. The van der Waals surface area contributed by atoms with Gasteiger partial charge in [-0.25, -0.2) is 9.97 Å². The van der Waals surface area contributed by atoms with E-state index in [-0.39, 0.29) is 0 Å². The first-order valence-electron chi connectivity index (χ1n) is 4.33. The molecule has 0 bridgehead atoms. The minimum absolute atomic E-state index is 0.711. The number of rotatable bonds is 2. The maximum atomic E-state index is 4.40. The fourth-order valence-electron chi connectivity index (χ4n) is 1.16. The Labute approximate surface area is 99.9 Å². The van der Waals surface area contributed by atoms with E-state index < -0.39 is 0 Å². The van der Waals surface area contributed by atoms with Crippen LogP contribution in [-0.4, -0.2) is 22.0 Å². The fraction of sp³-hybridized carbons (Fsp3) is 0.222. The second kappa shape index (κ2) is 4.24. The fourth-order valence-corrected chi connectivity index (χ4v) is 2.09. The van der Waals surface area contributed by atoms with Gasteiger partial charge in [-0.1, -0.05) is 0 Å². The SMILES string of the molecule is CNc1nc(-c2cncs2)nc(C)c1Br. The van der Waals surface area contributed by atoms with E-state index in [1.165, 1.54) is 11.3 Å². The van der Waals surface area contributed by atoms with Crippen LogP contribution >= 0.6 is 27.3 Å². The minimum atomic E-state index is 0.711. The van der Waals surface area contributed by atoms with Gasteiger partial charge in [0.25, 0.3) is 0 Å². The van der Waals surface area contributed by atoms with Crippen molar-refractivity contribution in [3.63, 3.8) is 0 Å². The van der Waals surface area contributed by atoms with Crippen LogP contribution in [0, 0.1) is 6.92 Å². The third-order valence-electron chi connectivity index (χ3n) is 1.91. The molecule has 0 spiro atoms. The number of thiazole rings is 1. The van der Waals surface area contributed by atoms with E-state index >= 15 is 0 Å². The highest BCUT2D eigenvalue weighted by Gasteiger charge is 2.10. The number of halogens is 1. The van der Waals surface area contributed by atoms with Crippen molar-refractivity contribution in [2.45, 2.75) is 6.92 Å². The second-order valence-corrected chi connectivity index (χ2v) is 4.59. The van der Waals surface area contributed by atoms with Gasteiger partial charge in [-0.05, 0) is 22.9 Å². The number of hydrogen-bond acceptors (Lipinski definition) is 5. The first-order valence-corrected chi connectivity index (χ1v) is 6.00. The van der Waals surface area contributed by atoms with Crippen LogP contribution in [0.25, 0.3) is 10.7 Å². The summed E-state index contributed by atoms with van der Waals surface area (Å²) in [6, 6.07) is 0. The van der Waals surface area contributed by atoms with Crippen LogP contribution in [0.15, 0.2) is 16.2 Å². The molecule has 0 aliphatic heterocycles. The maximum absolute atomic E-state index is 4.40. The van der Waals surface area contributed by atoms with Gasteiger partial charge in [0.15, 0.2) is 5.82 Å². The van der Waals surface area contributed by atoms with E-state index in [9.17, 15) is 0 Å². The Bertz CT molecular complexity index is 469. The predicted molar refractivity (Wildman–Crippen MR) is 65.1 cm³/mol. The first-order chi connectivity index (χ1) is 7.22. The molecule has 78 valence electrons. The van der Waals surface area contributed by atoms with Gasteiger partial charge >= 0.3 is 0 Å². The van der Waals surface area contributed by atoms with Crippen molar-refractivity contribution in [2.24, 2.45) is 0 Å². The van der Waals surface area contributed by atoms with E-state index in [0.29, 0.717) is 5.82 Å². The number of hydrogen-bond donors (Lipinski definition) is 1. The summed E-state index contributed by atoms with van der Waals surface area (Å²) >= 11 is 4.97. The molecule has 0 aliphatic carbocycles. The highest BCUT2D eigenvalue weighted by molar-refractivity contribution is 9.10. The number of nitrogens with zero attached hydrogens (tertiary/aromatic N) is 3. The largest absolute Gasteiger partial charge is 0.372 e. The maximum Gasteiger partial charge on any atom is 0.173 e. The molecular weight excluding hydrogens is 276 g/mol. The molecule has 15 heavy (non-hydrogen) atoms. The zero-order valence-electron chi connectivity index (χ0n) is 8.28. The lowest BCUT2D eigenvalue weighted by Gasteiger charge is -2.06. The Balaban J connectivity index is 2.55. The molecule has 0 fully saturated rings. The van der Waals surface area contributed by atoms with Gasteiger partial charge in [0, 0.05) is 13.2 Å². The van der Waals surface area contributed by atoms with Gasteiger partial charge in [0.2, 0.25) is 0 Å². The summed E-state index contributed by atoms with van der Waals surface area (Å²) in [5.74, 6) is 1.51. The van der Waals surface area contributed by atoms with Gasteiger partial charge in [-0.15, -0.1) is 11.3 Å². The Hall–Kier alpha value is -1.01. The third kappa shape index (κ3) is 2.00. The minimum Gasteiger partial charge on any atom is -0.372 e. The normalized spacial score (nSPS) is 10.3. The Morgan fingerprint density at radius 2 is 2.20 bits per heavy atom. The molecule has 1 N–H and O–H groups in total. The number of anilines is 1. The van der Waals surface area contributed by atoms with Crippen molar-refractivity contribution in [2.75, 3.05) is 12.4 Å². The van der Waals surface area contributed by atoms with Crippen LogP contribution in [-0.2, 0) is 0 Å². The Morgan fingerprint density at radius 1 is 1.40 bits per heavy atom. The molecule has 0 saturated heterocycles. The standard InChI is InChI=1S/C9H9BrN4S/c1-5-7(10)9(11-2)14-8(13-5)6-3-12-4-15-6/h3-4H,1-2H3,(H,11,13,14). The summed E-state index contributed by atoms with van der Waals surface area (Å²) < 4.78 is 0.901. The lowest BCUT2D eigenvalue weighted by Crippen LogP contribution is -1.99. The molecule has 4 nitrogen and oxygen atoms in total. The molecule has 0 unspecified atom stereocenters. The van der Waals surface area contributed by atoms with Crippen LogP contribution in [0.2, 0.25) is 0 Å². The van der Waals surface area contributed by atoms with Gasteiger partial charge in [-0.2, -0.15) is 0 Å². The summed E-state index contributed by atoms with van der Waals surface area (Å²) in [7, 11) is 1.84. The van der Waals surface area contributed by atoms with Crippen LogP contribution in [0.1, 0.15) is 5.69 Å². The summed E-state index contributed by atoms with van der Waals surface area (Å²) in [5.41, 5.74) is 2.69. The first kappa shape index (κ1) is 10.5. The zero-order chi connectivity index (χ0) is 10.8. The molecule has 2 aromatic heterocycles. The molecule has 0 atom stereocenters. The zero-order valence-corrected chi connectivity index (χ0v) is 10.7. The van der Waals surface area contributed by atoms with E-state index in [4.69, 9.17) is 0 Å². The highest BCUT2D eigenvalue weighted by Crippen LogP contribution is 2.27. The van der Waals surface area contributed by atoms with Crippen LogP contribution in [0.4, 0.5) is 5.82 Å². The van der Waals surface area contributed by atoms with Crippen LogP contribution in [0.5, 0.6) is 0 Å². The van der Waals surface area contributed by atoms with Crippen molar-refractivity contribution in [1.29, 1.82) is 0 Å². The summed E-state index contributed by atoms with van der Waals surface area (Å²) in [6.07, 6.45) is 1.77. The van der Waals surface area contributed by atoms with Crippen LogP contribution < -0.4 is 5.32 Å². The quantitative estimate of drug-likeness (QED) is 0.921. The predicted octanol–water partition coefficient (Wildman–Crippen LogP) is 2.71. The number of aryl methyl sites for hydroxylation is 1. The molecule has 0 radical (unpaired) electrons. The van der Waals surface area contributed by atoms with E-state index in [1.807, 2.05) is 14.0 Å². The van der Waals surface area contributed by atoms with E-state index in [1.54, 1.807) is 11.7 Å². The number of nitrogens with one attached hydrogen (secondary N) is 1. The van der Waals surface area contributed by atoms with Gasteiger partial charge < -0.3 is 5.32 Å². The smallest absolute Gasteiger partial charge is 0.173 e. The van der Waals surface area contributed by atoms with Gasteiger partial charge in [0.05, 0.1) is 20.6 Å². The summed E-state index contributed by atoms with van der Waals surface area (Å²) in [5, 5.41) is 3.02. The average Bonchev–Trinajstić information content (AvgIpc) is 2.75. The van der Waals surface area contributed by atoms with Crippen molar-refractivity contribution in [3.05, 3.63) is 21.9 Å². The van der Waals surface area contributed by atoms with Gasteiger partial charge in [-0.3, -0.25) is 4.98 Å². The molecule has 6 heteroatoms. The van der Waals surface area contributed by atoms with E-state index in [2.05, 4.69) is 36.2 Å². The molecular formula is C9H9BrN4S. The highest BCUT2D eigenvalue weighted by atomic mass is 79.9. The van der Waals surface area contributed by atoms with Crippen molar-refractivity contribution in [1.82, 2.24) is 15.0 Å².